The number of benzene rings is 1. The van der Waals surface area contributed by atoms with Gasteiger partial charge in [-0.3, -0.25) is 14.5 Å². The number of carboxylic acid groups (broad SMARTS) is 1. The van der Waals surface area contributed by atoms with Crippen molar-refractivity contribution in [3.05, 3.63) is 51.4 Å². The molecule has 3 heterocycles. The number of aromatic nitrogens is 2. The number of nitrogens with one attached hydrogen (secondary N) is 1. The number of hydrogen-bond donors (Lipinski definition) is 3. The van der Waals surface area contributed by atoms with Crippen molar-refractivity contribution in [3.63, 3.8) is 0 Å². The maximum absolute atomic E-state index is 12.3. The number of aromatic hydroxyl groups is 1. The Morgan fingerprint density at radius 2 is 1.79 bits per heavy atom. The summed E-state index contributed by atoms with van der Waals surface area (Å²) in [5, 5.41) is 20.7. The number of carbonyl (C=O) groups is 2. The van der Waals surface area contributed by atoms with E-state index in [0.717, 1.165) is 49.3 Å². The van der Waals surface area contributed by atoms with Crippen molar-refractivity contribution in [2.75, 3.05) is 26.2 Å². The Labute approximate surface area is 203 Å². The maximum Gasteiger partial charge on any atom is 0.345 e. The van der Waals surface area contributed by atoms with Crippen LogP contribution in [0.15, 0.2) is 29.1 Å². The number of nitrogens with zero attached hydrogens (tertiary/aromatic N) is 3. The normalized spacial score (nSPS) is 14.3. The van der Waals surface area contributed by atoms with Crippen LogP contribution in [-0.2, 0) is 24.8 Å². The molecule has 10 heteroatoms. The van der Waals surface area contributed by atoms with Gasteiger partial charge in [0.2, 0.25) is 5.91 Å². The van der Waals surface area contributed by atoms with Crippen LogP contribution in [0, 0.1) is 0 Å². The minimum atomic E-state index is -1.46. The molecule has 0 saturated carbocycles. The van der Waals surface area contributed by atoms with Gasteiger partial charge in [-0.15, -0.1) is 12.4 Å². The van der Waals surface area contributed by atoms with Crippen LogP contribution in [0.2, 0.25) is 0 Å². The number of aromatic carboxylic acids is 1. The fourth-order valence-electron chi connectivity index (χ4n) is 4.58. The van der Waals surface area contributed by atoms with Crippen LogP contribution in [0.5, 0.6) is 5.75 Å². The molecule has 1 aliphatic rings. The van der Waals surface area contributed by atoms with E-state index in [1.54, 1.807) is 13.8 Å². The van der Waals surface area contributed by atoms with E-state index in [2.05, 4.69) is 20.5 Å². The molecule has 34 heavy (non-hydrogen) atoms. The van der Waals surface area contributed by atoms with E-state index in [9.17, 15) is 24.6 Å². The van der Waals surface area contributed by atoms with Crippen molar-refractivity contribution in [1.29, 1.82) is 0 Å². The van der Waals surface area contributed by atoms with E-state index in [0.29, 0.717) is 23.2 Å². The molecule has 1 fully saturated rings. The first kappa shape index (κ1) is 25.3. The molecule has 0 bridgehead atoms. The smallest absolute Gasteiger partial charge is 0.345 e. The van der Waals surface area contributed by atoms with Crippen LogP contribution in [0.1, 0.15) is 35.5 Å². The van der Waals surface area contributed by atoms with Gasteiger partial charge in [-0.1, -0.05) is 13.0 Å². The number of rotatable bonds is 5. The quantitative estimate of drug-likeness (QED) is 0.508. The Morgan fingerprint density at radius 3 is 2.38 bits per heavy atom. The lowest BCUT2D eigenvalue weighted by Gasteiger charge is -2.34. The van der Waals surface area contributed by atoms with Crippen LogP contribution >= 0.6 is 12.4 Å². The number of aryl methyl sites for hydroxylation is 1. The third-order valence-electron chi connectivity index (χ3n) is 6.49. The lowest BCUT2D eigenvalue weighted by atomic mass is 9.99. The molecule has 1 saturated heterocycles. The highest BCUT2D eigenvalue weighted by Crippen LogP contribution is 2.32. The number of carboxylic acids is 1. The molecule has 0 aliphatic carbocycles. The van der Waals surface area contributed by atoms with Gasteiger partial charge in [-0.05, 0) is 30.2 Å². The van der Waals surface area contributed by atoms with Crippen LogP contribution in [-0.4, -0.2) is 67.6 Å². The number of hydrogen-bond acceptors (Lipinski definition) is 5. The van der Waals surface area contributed by atoms with Gasteiger partial charge in [0.25, 0.3) is 5.56 Å². The summed E-state index contributed by atoms with van der Waals surface area (Å²) in [6, 6.07) is 7.87. The van der Waals surface area contributed by atoms with Crippen molar-refractivity contribution in [1.82, 2.24) is 19.4 Å². The van der Waals surface area contributed by atoms with Gasteiger partial charge in [0.15, 0.2) is 5.56 Å². The van der Waals surface area contributed by atoms with Gasteiger partial charge >= 0.3 is 5.97 Å². The van der Waals surface area contributed by atoms with Gasteiger partial charge in [-0.25, -0.2) is 4.79 Å². The first-order chi connectivity index (χ1) is 15.7. The minimum absolute atomic E-state index is 0. The number of halogens is 1. The molecule has 1 aliphatic heterocycles. The lowest BCUT2D eigenvalue weighted by Crippen LogP contribution is -2.47. The number of amides is 1. The minimum Gasteiger partial charge on any atom is -0.506 e. The summed E-state index contributed by atoms with van der Waals surface area (Å²) in [5.74, 6) is -1.83. The molecule has 0 atom stereocenters. The molecule has 0 radical (unpaired) electrons. The molecule has 1 amide bonds. The predicted molar refractivity (Wildman–Crippen MR) is 132 cm³/mol. The van der Waals surface area contributed by atoms with Gasteiger partial charge < -0.3 is 24.7 Å². The fraction of sp³-hybridized carbons (Fsp3) is 0.375. The van der Waals surface area contributed by atoms with E-state index in [1.807, 2.05) is 30.1 Å². The molecule has 0 unspecified atom stereocenters. The largest absolute Gasteiger partial charge is 0.506 e. The molecular formula is C24H29ClN4O5. The summed E-state index contributed by atoms with van der Waals surface area (Å²) in [5.41, 5.74) is 2.23. The summed E-state index contributed by atoms with van der Waals surface area (Å²) in [7, 11) is 2.01. The summed E-state index contributed by atoms with van der Waals surface area (Å²) in [4.78, 5) is 42.1. The van der Waals surface area contributed by atoms with Crippen molar-refractivity contribution < 1.29 is 19.8 Å². The first-order valence-corrected chi connectivity index (χ1v) is 11.0. The number of piperazine rings is 1. The predicted octanol–water partition coefficient (Wildman–Crippen LogP) is 2.59. The second-order valence-electron chi connectivity index (χ2n) is 8.44. The number of H-pyrrole nitrogens is 1. The van der Waals surface area contributed by atoms with Crippen LogP contribution in [0.3, 0.4) is 0 Å². The van der Waals surface area contributed by atoms with Crippen LogP contribution in [0.25, 0.3) is 22.2 Å². The highest BCUT2D eigenvalue weighted by Gasteiger charge is 2.23. The Kier molecular flexibility index (Phi) is 7.38. The van der Waals surface area contributed by atoms with E-state index >= 15 is 0 Å². The number of fused-ring (bicyclic) bond motifs is 1. The summed E-state index contributed by atoms with van der Waals surface area (Å²) in [6.45, 7) is 7.26. The third kappa shape index (κ3) is 4.53. The lowest BCUT2D eigenvalue weighted by molar-refractivity contribution is -0.130. The zero-order chi connectivity index (χ0) is 23.9. The monoisotopic (exact) mass is 488 g/mol. The van der Waals surface area contributed by atoms with Crippen molar-refractivity contribution in [3.8, 4) is 17.0 Å². The second-order valence-corrected chi connectivity index (χ2v) is 8.44. The summed E-state index contributed by atoms with van der Waals surface area (Å²) >= 11 is 0. The zero-order valence-electron chi connectivity index (χ0n) is 19.4. The molecule has 182 valence electrons. The molecular weight excluding hydrogens is 460 g/mol. The third-order valence-corrected chi connectivity index (χ3v) is 6.49. The second kappa shape index (κ2) is 9.90. The van der Waals surface area contributed by atoms with Gasteiger partial charge in [-0.2, -0.15) is 0 Å². The molecule has 1 aromatic carbocycles. The Hall–Kier alpha value is -3.30. The van der Waals surface area contributed by atoms with E-state index in [4.69, 9.17) is 0 Å². The summed E-state index contributed by atoms with van der Waals surface area (Å²) in [6.07, 6.45) is 0.364. The standard InChI is InChI=1S/C24H28N4O5.ClH/c1-4-18-21(25-23(31)20(22(18)30)24(32)33)15-5-6-19-16(11-15)12-17(26(19)3)13-27-7-9-28(10-8-27)14(2)29;/h5-6,11-12H,4,7-10,13H2,1-3H3,(H,32,33)(H2,25,30,31);1H. The molecule has 3 N–H and O–H groups in total. The fourth-order valence-corrected chi connectivity index (χ4v) is 4.58. The highest BCUT2D eigenvalue weighted by atomic mass is 35.5. The van der Waals surface area contributed by atoms with Gasteiger partial charge in [0, 0.05) is 68.9 Å². The first-order valence-electron chi connectivity index (χ1n) is 11.0. The van der Waals surface area contributed by atoms with Gasteiger partial charge in [0.05, 0.1) is 5.69 Å². The average molecular weight is 489 g/mol. The highest BCUT2D eigenvalue weighted by molar-refractivity contribution is 5.92. The SMILES string of the molecule is CCc1c(-c2ccc3c(c2)cc(CN2CCN(C(C)=O)CC2)n3C)[nH]c(=O)c(C(=O)O)c1O.Cl. The van der Waals surface area contributed by atoms with Crippen LogP contribution in [0.4, 0.5) is 0 Å². The maximum atomic E-state index is 12.3. The Bertz CT molecular complexity index is 1300. The van der Waals surface area contributed by atoms with Crippen LogP contribution < -0.4 is 5.56 Å². The van der Waals surface area contributed by atoms with E-state index in [1.165, 1.54) is 0 Å². The molecule has 9 nitrogen and oxygen atoms in total. The van der Waals surface area contributed by atoms with Crippen molar-refractivity contribution in [2.24, 2.45) is 7.05 Å². The van der Waals surface area contributed by atoms with Crippen molar-refractivity contribution >= 4 is 35.2 Å². The topological polar surface area (TPSA) is 119 Å². The molecule has 0 spiro atoms. The average Bonchev–Trinajstić information content (AvgIpc) is 3.08. The number of carbonyl (C=O) groups excluding carboxylic acids is 1. The van der Waals surface area contributed by atoms with Gasteiger partial charge in [0.1, 0.15) is 5.75 Å². The zero-order valence-corrected chi connectivity index (χ0v) is 20.2. The Morgan fingerprint density at radius 1 is 1.12 bits per heavy atom. The number of aromatic amines is 1. The van der Waals surface area contributed by atoms with Crippen molar-refractivity contribution in [2.45, 2.75) is 26.8 Å². The number of pyridine rings is 1. The molecule has 4 rings (SSSR count). The van der Waals surface area contributed by atoms with E-state index in [-0.39, 0.29) is 18.3 Å². The molecule has 2 aromatic heterocycles. The Balaban J connectivity index is 0.00000324. The summed E-state index contributed by atoms with van der Waals surface area (Å²) < 4.78 is 2.13. The van der Waals surface area contributed by atoms with E-state index < -0.39 is 22.8 Å². The molecule has 3 aromatic rings.